The minimum atomic E-state index is -1.34. The summed E-state index contributed by atoms with van der Waals surface area (Å²) < 4.78 is 56.9. The van der Waals surface area contributed by atoms with Crippen LogP contribution >= 0.6 is 0 Å². The third kappa shape index (κ3) is 7.55. The Balaban J connectivity index is 1.20. The number of benzene rings is 3. The van der Waals surface area contributed by atoms with Crippen molar-refractivity contribution in [2.45, 2.75) is 100 Å². The number of azide groups is 1. The summed E-state index contributed by atoms with van der Waals surface area (Å²) in [5, 5.41) is 4.12. The van der Waals surface area contributed by atoms with E-state index in [9.17, 15) is 10.3 Å². The minimum absolute atomic E-state index is 0.114. The molecule has 4 aliphatic heterocycles. The number of hydrogen-bond acceptors (Lipinski definition) is 11. The maximum atomic E-state index is 13.0. The lowest BCUT2D eigenvalue weighted by molar-refractivity contribution is -0.365. The predicted molar refractivity (Wildman–Crippen MR) is 174 cm³/mol. The highest BCUT2D eigenvalue weighted by Gasteiger charge is 2.59. The highest BCUT2D eigenvalue weighted by molar-refractivity contribution is 5.79. The van der Waals surface area contributed by atoms with Crippen LogP contribution in [-0.2, 0) is 60.6 Å². The van der Waals surface area contributed by atoms with Crippen LogP contribution in [0.2, 0.25) is 0 Å². The van der Waals surface area contributed by atoms with Crippen LogP contribution in [0.4, 0.5) is 0 Å². The first-order valence-corrected chi connectivity index (χ1v) is 16.6. The number of ether oxygens (including phenoxy) is 9. The SMILES string of the molecule is CC1(C)O[C@H]2O[C@@H](C(N)=O)[C@@H](O[C@H]3O[C@@H]4COC(c5ccccc5)O[C@H]4[C@H](OCc4ccccc4)[C@H]3N=[N+]=[N-])[C@H](OCc3ccccc3)[C@H]2O1. The zero-order chi connectivity index (χ0) is 34.7. The molecule has 4 fully saturated rings. The van der Waals surface area contributed by atoms with E-state index in [2.05, 4.69) is 10.0 Å². The van der Waals surface area contributed by atoms with Crippen molar-refractivity contribution in [3.05, 3.63) is 118 Å². The zero-order valence-corrected chi connectivity index (χ0v) is 27.6. The van der Waals surface area contributed by atoms with Crippen LogP contribution in [0.15, 0.2) is 96.1 Å². The van der Waals surface area contributed by atoms with Crippen LogP contribution in [-0.4, -0.2) is 79.7 Å². The van der Waals surface area contributed by atoms with Gasteiger partial charge in [-0.15, -0.1) is 0 Å². The number of hydrogen-bond donors (Lipinski definition) is 1. The lowest BCUT2D eigenvalue weighted by atomic mass is 9.94. The fourth-order valence-corrected chi connectivity index (χ4v) is 6.75. The number of carbonyl (C=O) groups is 1. The quantitative estimate of drug-likeness (QED) is 0.172. The standard InChI is InChI=1S/C36H40N4O10/c1-36(2)49-31-28(43-19-22-14-8-4-9-15-22)29(30(32(37)41)48-35(31)50-36)47-34-25(39-40-38)27(42-18-21-12-6-3-7-13-21)26-24(45-34)20-44-33(46-26)23-16-10-5-11-17-23/h3-17,24-31,33-35H,18-20H2,1-2H3,(H2,37,41)/t24-,25-,26-,27-,28+,29+,30-,31-,33?,34-,35-/m1/s1. The number of rotatable bonds is 11. The van der Waals surface area contributed by atoms with E-state index in [1.807, 2.05) is 91.0 Å². The van der Waals surface area contributed by atoms with Gasteiger partial charge in [0, 0.05) is 10.5 Å². The van der Waals surface area contributed by atoms with Gasteiger partial charge in [-0.05, 0) is 30.5 Å². The molecule has 0 radical (unpaired) electrons. The molecule has 50 heavy (non-hydrogen) atoms. The summed E-state index contributed by atoms with van der Waals surface area (Å²) in [4.78, 5) is 16.1. The fourth-order valence-electron chi connectivity index (χ4n) is 6.75. The molecule has 0 bridgehead atoms. The van der Waals surface area contributed by atoms with Gasteiger partial charge in [-0.3, -0.25) is 4.79 Å². The second-order valence-corrected chi connectivity index (χ2v) is 13.0. The molecule has 0 aromatic heterocycles. The molecular formula is C36H40N4O10. The molecule has 4 saturated heterocycles. The van der Waals surface area contributed by atoms with Crippen LogP contribution < -0.4 is 5.73 Å². The summed E-state index contributed by atoms with van der Waals surface area (Å²) in [6.07, 6.45) is -9.47. The molecule has 3 aromatic carbocycles. The predicted octanol–water partition coefficient (Wildman–Crippen LogP) is 4.42. The maximum absolute atomic E-state index is 13.0. The van der Waals surface area contributed by atoms with Gasteiger partial charge in [0.15, 0.2) is 30.8 Å². The Morgan fingerprint density at radius 1 is 0.840 bits per heavy atom. The third-order valence-electron chi connectivity index (χ3n) is 9.02. The van der Waals surface area contributed by atoms with E-state index in [-0.39, 0.29) is 19.8 Å². The van der Waals surface area contributed by atoms with E-state index < -0.39 is 79.3 Å². The van der Waals surface area contributed by atoms with Crippen molar-refractivity contribution in [1.82, 2.24) is 0 Å². The Morgan fingerprint density at radius 2 is 1.46 bits per heavy atom. The van der Waals surface area contributed by atoms with Crippen LogP contribution in [0.3, 0.4) is 0 Å². The van der Waals surface area contributed by atoms with Gasteiger partial charge in [0.1, 0.15) is 42.7 Å². The number of primary amides is 1. The van der Waals surface area contributed by atoms with Gasteiger partial charge in [-0.1, -0.05) is 96.1 Å². The van der Waals surface area contributed by atoms with E-state index in [1.165, 1.54) is 0 Å². The van der Waals surface area contributed by atoms with Gasteiger partial charge in [-0.25, -0.2) is 0 Å². The van der Waals surface area contributed by atoms with Crippen molar-refractivity contribution in [3.63, 3.8) is 0 Å². The van der Waals surface area contributed by atoms with E-state index in [1.54, 1.807) is 13.8 Å². The van der Waals surface area contributed by atoms with E-state index in [4.69, 9.17) is 48.4 Å². The average molecular weight is 689 g/mol. The lowest BCUT2D eigenvalue weighted by Crippen LogP contribution is -2.66. The first-order valence-electron chi connectivity index (χ1n) is 16.6. The summed E-state index contributed by atoms with van der Waals surface area (Å²) in [5.74, 6) is -1.86. The fraction of sp³-hybridized carbons (Fsp3) is 0.472. The Morgan fingerprint density at radius 3 is 2.08 bits per heavy atom. The van der Waals surface area contributed by atoms with Crippen molar-refractivity contribution < 1.29 is 47.4 Å². The molecular weight excluding hydrogens is 648 g/mol. The summed E-state index contributed by atoms with van der Waals surface area (Å²) in [6, 6.07) is 27.5. The van der Waals surface area contributed by atoms with Crippen molar-refractivity contribution in [2.75, 3.05) is 6.61 Å². The maximum Gasteiger partial charge on any atom is 0.249 e. The summed E-state index contributed by atoms with van der Waals surface area (Å²) in [5.41, 5.74) is 18.3. The molecule has 2 N–H and O–H groups in total. The van der Waals surface area contributed by atoms with Gasteiger partial charge in [0.2, 0.25) is 5.91 Å². The second kappa shape index (κ2) is 15.1. The summed E-state index contributed by atoms with van der Waals surface area (Å²) in [6.45, 7) is 3.93. The molecule has 14 heteroatoms. The van der Waals surface area contributed by atoms with Gasteiger partial charge < -0.3 is 48.4 Å². The van der Waals surface area contributed by atoms with Gasteiger partial charge in [-0.2, -0.15) is 0 Å². The molecule has 4 aliphatic rings. The molecule has 0 spiro atoms. The van der Waals surface area contributed by atoms with Crippen LogP contribution in [0, 0.1) is 0 Å². The van der Waals surface area contributed by atoms with Gasteiger partial charge in [0.05, 0.1) is 19.8 Å². The molecule has 3 aromatic rings. The van der Waals surface area contributed by atoms with Crippen molar-refractivity contribution in [3.8, 4) is 0 Å². The Hall–Kier alpha value is -3.92. The summed E-state index contributed by atoms with van der Waals surface area (Å²) in [7, 11) is 0. The smallest absolute Gasteiger partial charge is 0.249 e. The highest BCUT2D eigenvalue weighted by Crippen LogP contribution is 2.42. The van der Waals surface area contributed by atoms with Crippen LogP contribution in [0.25, 0.3) is 10.4 Å². The molecule has 4 heterocycles. The molecule has 1 amide bonds. The Kier molecular flexibility index (Phi) is 10.4. The largest absolute Gasteiger partial charge is 0.370 e. The van der Waals surface area contributed by atoms with Crippen LogP contribution in [0.5, 0.6) is 0 Å². The van der Waals surface area contributed by atoms with Gasteiger partial charge >= 0.3 is 0 Å². The number of nitrogens with zero attached hydrogens (tertiary/aromatic N) is 3. The van der Waals surface area contributed by atoms with E-state index in [0.29, 0.717) is 0 Å². The molecule has 0 aliphatic carbocycles. The number of amides is 1. The average Bonchev–Trinajstić information content (AvgIpc) is 3.45. The molecule has 14 nitrogen and oxygen atoms in total. The minimum Gasteiger partial charge on any atom is -0.370 e. The molecule has 7 rings (SSSR count). The van der Waals surface area contributed by atoms with E-state index in [0.717, 1.165) is 16.7 Å². The summed E-state index contributed by atoms with van der Waals surface area (Å²) >= 11 is 0. The zero-order valence-electron chi connectivity index (χ0n) is 27.6. The molecule has 0 saturated carbocycles. The first-order chi connectivity index (χ1) is 24.3. The molecule has 264 valence electrons. The first kappa shape index (κ1) is 34.5. The second-order valence-electron chi connectivity index (χ2n) is 13.0. The Bertz CT molecular complexity index is 1630. The molecule has 11 atom stereocenters. The number of fused-ring (bicyclic) bond motifs is 2. The van der Waals surface area contributed by atoms with Gasteiger partial charge in [0.25, 0.3) is 0 Å². The molecule has 1 unspecified atom stereocenters. The van der Waals surface area contributed by atoms with Crippen LogP contribution in [0.1, 0.15) is 36.8 Å². The van der Waals surface area contributed by atoms with Crippen molar-refractivity contribution in [2.24, 2.45) is 10.8 Å². The number of carbonyl (C=O) groups excluding carboxylic acids is 1. The Labute approximate surface area is 289 Å². The van der Waals surface area contributed by atoms with Crippen molar-refractivity contribution in [1.29, 1.82) is 0 Å². The number of nitrogens with two attached hydrogens (primary N) is 1. The highest BCUT2D eigenvalue weighted by atomic mass is 16.8. The van der Waals surface area contributed by atoms with Crippen molar-refractivity contribution >= 4 is 5.91 Å². The third-order valence-corrected chi connectivity index (χ3v) is 9.02. The lowest BCUT2D eigenvalue weighted by Gasteiger charge is -2.50. The topological polar surface area (TPSA) is 175 Å². The normalized spacial score (nSPS) is 34.6. The monoisotopic (exact) mass is 688 g/mol. The van der Waals surface area contributed by atoms with E-state index >= 15 is 0 Å².